The molecule has 0 saturated heterocycles. The molecule has 12 heteroatoms. The molecule has 0 N–H and O–H groups in total. The zero-order valence-corrected chi connectivity index (χ0v) is 15.7. The number of carbonyl (C=O) groups excluding carboxylic acids is 2. The minimum Gasteiger partial charge on any atom is -0.467 e. The van der Waals surface area contributed by atoms with Crippen molar-refractivity contribution >= 4 is 32.2 Å². The van der Waals surface area contributed by atoms with E-state index in [0.29, 0.717) is 0 Å². The first-order valence-corrected chi connectivity index (χ1v) is 9.87. The molecule has 0 aromatic carbocycles. The minimum absolute atomic E-state index is 0.162. The molecule has 0 spiro atoms. The van der Waals surface area contributed by atoms with Gasteiger partial charge in [-0.15, -0.1) is 0 Å². The number of hydrogen-bond acceptors (Lipinski definition) is 10. The summed E-state index contributed by atoms with van der Waals surface area (Å²) in [5.41, 5.74) is 0. The number of ether oxygens (including phenoxy) is 2. The molecule has 0 aliphatic heterocycles. The fourth-order valence-corrected chi connectivity index (χ4v) is 5.29. The second kappa shape index (κ2) is 9.30. The molecule has 0 amide bonds. The lowest BCUT2D eigenvalue weighted by molar-refractivity contribution is -0.148. The maximum Gasteiger partial charge on any atom is 0.336 e. The highest BCUT2D eigenvalue weighted by Gasteiger charge is 2.42. The lowest BCUT2D eigenvalue weighted by Crippen LogP contribution is -2.39. The molecule has 10 nitrogen and oxygen atoms in total. The van der Waals surface area contributed by atoms with Crippen molar-refractivity contribution in [3.8, 4) is 0 Å². The molecule has 0 saturated carbocycles. The van der Waals surface area contributed by atoms with E-state index in [2.05, 4.69) is 17.8 Å². The first-order valence-electron chi connectivity index (χ1n) is 6.92. The molecular formula is C12H22O10S2. The Bertz CT molecular complexity index is 583. The highest BCUT2D eigenvalue weighted by Crippen LogP contribution is 2.22. The van der Waals surface area contributed by atoms with Gasteiger partial charge < -0.3 is 9.47 Å². The van der Waals surface area contributed by atoms with Gasteiger partial charge in [-0.25, -0.2) is 9.59 Å². The monoisotopic (exact) mass is 390 g/mol. The van der Waals surface area contributed by atoms with Crippen LogP contribution in [0.25, 0.3) is 0 Å². The van der Waals surface area contributed by atoms with E-state index in [0.717, 1.165) is 28.1 Å². The predicted molar refractivity (Wildman–Crippen MR) is 81.7 cm³/mol. The van der Waals surface area contributed by atoms with Crippen LogP contribution in [-0.4, -0.2) is 59.8 Å². The van der Waals surface area contributed by atoms with Crippen LogP contribution in [-0.2, 0) is 47.7 Å². The predicted octanol–water partition coefficient (Wildman–Crippen LogP) is -0.0716. The third-order valence-electron chi connectivity index (χ3n) is 2.79. The summed E-state index contributed by atoms with van der Waals surface area (Å²) in [6, 6.07) is 0. The average Bonchev–Trinajstić information content (AvgIpc) is 2.49. The van der Waals surface area contributed by atoms with Crippen LogP contribution in [0.3, 0.4) is 0 Å². The number of carbonyl (C=O) groups is 2. The number of methoxy groups -OCH3 is 2. The fourth-order valence-electron chi connectivity index (χ4n) is 1.61. The zero-order chi connectivity index (χ0) is 19.1. The zero-order valence-electron chi connectivity index (χ0n) is 14.0. The van der Waals surface area contributed by atoms with Crippen LogP contribution >= 0.6 is 0 Å². The van der Waals surface area contributed by atoms with Crippen LogP contribution in [0.15, 0.2) is 0 Å². The van der Waals surface area contributed by atoms with Crippen LogP contribution in [0.4, 0.5) is 0 Å². The van der Waals surface area contributed by atoms with Gasteiger partial charge in [-0.05, 0) is 20.3 Å². The van der Waals surface area contributed by atoms with Crippen molar-refractivity contribution in [2.45, 2.75) is 50.4 Å². The van der Waals surface area contributed by atoms with Crippen LogP contribution in [0.2, 0.25) is 0 Å². The Morgan fingerprint density at radius 1 is 0.833 bits per heavy atom. The summed E-state index contributed by atoms with van der Waals surface area (Å²) >= 11 is 0. The molecule has 0 fully saturated rings. The van der Waals surface area contributed by atoms with Gasteiger partial charge in [0.25, 0.3) is 20.2 Å². The third-order valence-corrected chi connectivity index (χ3v) is 7.08. The normalized spacial score (nSPS) is 16.0. The standard InChI is InChI=1S/C12H22O10S2/c1-6-7-10(23(15,16)21-8(2)11(13)19-4)24(17,18)22-9(3)12(14)20-5/h8-10H,6-7H2,1-5H3. The lowest BCUT2D eigenvalue weighted by atomic mass is 10.4. The molecule has 0 aliphatic carbocycles. The van der Waals surface area contributed by atoms with Crippen molar-refractivity contribution in [2.75, 3.05) is 14.2 Å². The summed E-state index contributed by atoms with van der Waals surface area (Å²) in [6.07, 6.45) is -3.26. The molecule has 24 heavy (non-hydrogen) atoms. The van der Waals surface area contributed by atoms with Crippen molar-refractivity contribution in [2.24, 2.45) is 0 Å². The molecule has 0 radical (unpaired) electrons. The molecular weight excluding hydrogens is 368 g/mol. The summed E-state index contributed by atoms with van der Waals surface area (Å²) in [5, 5.41) is 0. The summed E-state index contributed by atoms with van der Waals surface area (Å²) < 4.78 is 64.6. The number of hydrogen-bond donors (Lipinski definition) is 0. The van der Waals surface area contributed by atoms with Crippen molar-refractivity contribution < 1.29 is 44.3 Å². The quantitative estimate of drug-likeness (QED) is 0.368. The van der Waals surface area contributed by atoms with E-state index in [1.807, 2.05) is 0 Å². The SMILES string of the molecule is CCCC(S(=O)(=O)OC(C)C(=O)OC)S(=O)(=O)OC(C)C(=O)OC. The van der Waals surface area contributed by atoms with Gasteiger partial charge in [0.2, 0.25) is 4.58 Å². The van der Waals surface area contributed by atoms with E-state index < -0.39 is 49.0 Å². The molecule has 2 atom stereocenters. The smallest absolute Gasteiger partial charge is 0.336 e. The van der Waals surface area contributed by atoms with Crippen LogP contribution < -0.4 is 0 Å². The van der Waals surface area contributed by atoms with E-state index >= 15 is 0 Å². The van der Waals surface area contributed by atoms with Gasteiger partial charge in [0, 0.05) is 0 Å². The molecule has 0 aromatic rings. The highest BCUT2D eigenvalue weighted by molar-refractivity contribution is 8.04. The largest absolute Gasteiger partial charge is 0.467 e. The summed E-state index contributed by atoms with van der Waals surface area (Å²) in [6.45, 7) is 3.74. The maximum atomic E-state index is 12.2. The van der Waals surface area contributed by atoms with E-state index in [-0.39, 0.29) is 12.8 Å². The Balaban J connectivity index is 5.53. The van der Waals surface area contributed by atoms with Crippen molar-refractivity contribution in [3.63, 3.8) is 0 Å². The number of rotatable bonds is 10. The molecule has 2 unspecified atom stereocenters. The highest BCUT2D eigenvalue weighted by atomic mass is 32.3. The fraction of sp³-hybridized carbons (Fsp3) is 0.833. The second-order valence-electron chi connectivity index (χ2n) is 4.73. The molecule has 0 heterocycles. The Kier molecular flexibility index (Phi) is 8.82. The Labute approximate surface area is 141 Å². The van der Waals surface area contributed by atoms with Crippen molar-refractivity contribution in [1.82, 2.24) is 0 Å². The van der Waals surface area contributed by atoms with E-state index in [9.17, 15) is 26.4 Å². The van der Waals surface area contributed by atoms with Gasteiger partial charge in [0.1, 0.15) is 0 Å². The molecule has 0 bridgehead atoms. The van der Waals surface area contributed by atoms with Crippen molar-refractivity contribution in [1.29, 1.82) is 0 Å². The third kappa shape index (κ3) is 6.34. The summed E-state index contributed by atoms with van der Waals surface area (Å²) in [5.74, 6) is -1.98. The molecule has 142 valence electrons. The van der Waals surface area contributed by atoms with Gasteiger partial charge in [-0.2, -0.15) is 16.8 Å². The maximum absolute atomic E-state index is 12.2. The summed E-state index contributed by atoms with van der Waals surface area (Å²) in [7, 11) is -7.43. The van der Waals surface area contributed by atoms with Crippen LogP contribution in [0.5, 0.6) is 0 Å². The molecule has 0 rings (SSSR count). The van der Waals surface area contributed by atoms with Crippen LogP contribution in [0.1, 0.15) is 33.6 Å². The topological polar surface area (TPSA) is 139 Å². The number of esters is 2. The van der Waals surface area contributed by atoms with Crippen LogP contribution in [0, 0.1) is 0 Å². The van der Waals surface area contributed by atoms with Gasteiger partial charge in [-0.3, -0.25) is 8.37 Å². The first kappa shape index (κ1) is 22.8. The second-order valence-corrected chi connectivity index (χ2v) is 8.52. The van der Waals surface area contributed by atoms with E-state index in [1.165, 1.54) is 0 Å². The minimum atomic E-state index is -4.74. The Hall–Kier alpha value is -1.24. The molecule has 0 aliphatic rings. The first-order chi connectivity index (χ1) is 10.9. The Morgan fingerprint density at radius 3 is 1.42 bits per heavy atom. The Morgan fingerprint density at radius 2 is 1.17 bits per heavy atom. The molecule has 0 aromatic heterocycles. The lowest BCUT2D eigenvalue weighted by Gasteiger charge is -2.20. The summed E-state index contributed by atoms with van der Waals surface area (Å²) in [4.78, 5) is 22.5. The average molecular weight is 390 g/mol. The van der Waals surface area contributed by atoms with E-state index in [1.54, 1.807) is 6.92 Å². The van der Waals surface area contributed by atoms with E-state index in [4.69, 9.17) is 0 Å². The van der Waals surface area contributed by atoms with Gasteiger partial charge >= 0.3 is 11.9 Å². The van der Waals surface area contributed by atoms with Gasteiger partial charge in [0.05, 0.1) is 14.2 Å². The van der Waals surface area contributed by atoms with Gasteiger partial charge in [0.15, 0.2) is 12.2 Å². The van der Waals surface area contributed by atoms with Gasteiger partial charge in [-0.1, -0.05) is 13.3 Å². The van der Waals surface area contributed by atoms with Crippen molar-refractivity contribution in [3.05, 3.63) is 0 Å².